The first-order valence-corrected chi connectivity index (χ1v) is 8.13. The van der Waals surface area contributed by atoms with Crippen LogP contribution >= 0.6 is 0 Å². The molecule has 132 valence electrons. The molecule has 0 amide bonds. The van der Waals surface area contributed by atoms with Crippen LogP contribution in [-0.2, 0) is 17.2 Å². The lowest BCUT2D eigenvalue weighted by Gasteiger charge is -2.27. The third-order valence-corrected chi connectivity index (χ3v) is 5.15. The first-order chi connectivity index (χ1) is 10.4. The van der Waals surface area contributed by atoms with Crippen LogP contribution in [0.4, 0.5) is 22.0 Å². The standard InChI is InChI=1S/C15H20F5NOS/c1-9(8-14(2,3)23(22)21-4)10-5-11(13(16)17)7-12(6-10)15(18,19)20/h5-7,9,13,21H,8H2,1-4H3/t9-,23?/m1/s1. The van der Waals surface area contributed by atoms with Gasteiger partial charge in [-0.05, 0) is 57.0 Å². The van der Waals surface area contributed by atoms with Crippen molar-refractivity contribution < 1.29 is 26.2 Å². The predicted molar refractivity (Wildman–Crippen MR) is 80.7 cm³/mol. The van der Waals surface area contributed by atoms with Crippen molar-refractivity contribution in [2.45, 2.75) is 50.5 Å². The number of hydrogen-bond acceptors (Lipinski definition) is 1. The van der Waals surface area contributed by atoms with E-state index < -0.39 is 45.4 Å². The van der Waals surface area contributed by atoms with Crippen LogP contribution in [0.15, 0.2) is 18.2 Å². The largest absolute Gasteiger partial charge is 0.416 e. The van der Waals surface area contributed by atoms with Gasteiger partial charge in [-0.25, -0.2) is 17.7 Å². The van der Waals surface area contributed by atoms with Crippen LogP contribution in [0.3, 0.4) is 0 Å². The average molecular weight is 357 g/mol. The minimum atomic E-state index is -4.69. The first kappa shape index (κ1) is 20.0. The van der Waals surface area contributed by atoms with Gasteiger partial charge in [0.2, 0.25) is 0 Å². The Morgan fingerprint density at radius 3 is 2.09 bits per heavy atom. The summed E-state index contributed by atoms with van der Waals surface area (Å²) in [6.45, 7) is 5.05. The van der Waals surface area contributed by atoms with Gasteiger partial charge in [0, 0.05) is 5.56 Å². The second-order valence-electron chi connectivity index (χ2n) is 6.02. The summed E-state index contributed by atoms with van der Waals surface area (Å²) in [6, 6.07) is 2.44. The van der Waals surface area contributed by atoms with Crippen LogP contribution in [0, 0.1) is 0 Å². The van der Waals surface area contributed by atoms with Crippen molar-refractivity contribution in [3.63, 3.8) is 0 Å². The lowest BCUT2D eigenvalue weighted by atomic mass is 9.89. The number of benzene rings is 1. The van der Waals surface area contributed by atoms with Gasteiger partial charge >= 0.3 is 6.18 Å². The molecule has 0 aromatic heterocycles. The fourth-order valence-corrected chi connectivity index (χ4v) is 3.41. The van der Waals surface area contributed by atoms with Crippen LogP contribution in [0.5, 0.6) is 0 Å². The minimum absolute atomic E-state index is 0.163. The second kappa shape index (κ2) is 7.25. The van der Waals surface area contributed by atoms with E-state index in [0.717, 1.165) is 12.1 Å². The van der Waals surface area contributed by atoms with Gasteiger partial charge in [0.25, 0.3) is 6.43 Å². The monoisotopic (exact) mass is 357 g/mol. The quantitative estimate of drug-likeness (QED) is 0.728. The molecule has 2 atom stereocenters. The maximum absolute atomic E-state index is 12.9. The normalized spacial score (nSPS) is 15.7. The molecular weight excluding hydrogens is 337 g/mol. The molecule has 0 fully saturated rings. The zero-order valence-corrected chi connectivity index (χ0v) is 14.1. The van der Waals surface area contributed by atoms with E-state index in [9.17, 15) is 26.2 Å². The summed E-state index contributed by atoms with van der Waals surface area (Å²) in [5, 5.41) is 0. The highest BCUT2D eigenvalue weighted by Gasteiger charge is 2.33. The summed E-state index contributed by atoms with van der Waals surface area (Å²) in [4.78, 5) is 0. The number of halogens is 5. The molecule has 1 N–H and O–H groups in total. The van der Waals surface area contributed by atoms with Gasteiger partial charge < -0.3 is 0 Å². The van der Waals surface area contributed by atoms with Crippen molar-refractivity contribution in [2.75, 3.05) is 7.05 Å². The molecular formula is C15H20F5NOS. The van der Waals surface area contributed by atoms with Crippen molar-refractivity contribution in [3.05, 3.63) is 34.9 Å². The van der Waals surface area contributed by atoms with E-state index in [1.165, 1.54) is 7.05 Å². The maximum atomic E-state index is 12.9. The fraction of sp³-hybridized carbons (Fsp3) is 0.600. The third-order valence-electron chi connectivity index (χ3n) is 3.61. The van der Waals surface area contributed by atoms with E-state index in [2.05, 4.69) is 4.72 Å². The Labute approximate surface area is 135 Å². The lowest BCUT2D eigenvalue weighted by Crippen LogP contribution is -2.35. The molecule has 0 saturated heterocycles. The number of alkyl halides is 5. The van der Waals surface area contributed by atoms with Crippen molar-refractivity contribution in [2.24, 2.45) is 0 Å². The molecule has 0 aliphatic heterocycles. The van der Waals surface area contributed by atoms with E-state index in [1.807, 2.05) is 0 Å². The maximum Gasteiger partial charge on any atom is 0.416 e. The molecule has 2 nitrogen and oxygen atoms in total. The summed E-state index contributed by atoms with van der Waals surface area (Å²) >= 11 is 0. The Hall–Kier alpha value is -1.02. The Balaban J connectivity index is 3.20. The minimum Gasteiger partial charge on any atom is -0.242 e. The van der Waals surface area contributed by atoms with Gasteiger partial charge in [0.15, 0.2) is 0 Å². The average Bonchev–Trinajstić information content (AvgIpc) is 2.44. The smallest absolute Gasteiger partial charge is 0.242 e. The highest BCUT2D eigenvalue weighted by atomic mass is 32.2. The van der Waals surface area contributed by atoms with E-state index >= 15 is 0 Å². The summed E-state index contributed by atoms with van der Waals surface area (Å²) < 4.78 is 78.2. The molecule has 0 saturated carbocycles. The van der Waals surface area contributed by atoms with Gasteiger partial charge in [-0.1, -0.05) is 6.92 Å². The Morgan fingerprint density at radius 2 is 1.65 bits per heavy atom. The van der Waals surface area contributed by atoms with Crippen molar-refractivity contribution in [3.8, 4) is 0 Å². The Bertz CT molecular complexity index is 571. The zero-order valence-electron chi connectivity index (χ0n) is 13.3. The summed E-state index contributed by atoms with van der Waals surface area (Å²) in [5.41, 5.74) is -1.59. The third kappa shape index (κ3) is 5.24. The molecule has 0 radical (unpaired) electrons. The van der Waals surface area contributed by atoms with Gasteiger partial charge in [0.05, 0.1) is 21.3 Å². The molecule has 0 bridgehead atoms. The summed E-state index contributed by atoms with van der Waals surface area (Å²) in [5.74, 6) is -0.456. The Kier molecular flexibility index (Phi) is 6.32. The van der Waals surface area contributed by atoms with E-state index in [-0.39, 0.29) is 12.0 Å². The number of nitrogens with one attached hydrogen (secondary N) is 1. The Morgan fingerprint density at radius 1 is 1.13 bits per heavy atom. The van der Waals surface area contributed by atoms with Crippen LogP contribution in [0.25, 0.3) is 0 Å². The predicted octanol–water partition coefficient (Wildman–Crippen LogP) is 4.80. The van der Waals surface area contributed by atoms with Crippen molar-refractivity contribution >= 4 is 11.0 Å². The van der Waals surface area contributed by atoms with E-state index in [0.29, 0.717) is 6.07 Å². The molecule has 23 heavy (non-hydrogen) atoms. The molecule has 0 heterocycles. The fourth-order valence-electron chi connectivity index (χ4n) is 2.46. The van der Waals surface area contributed by atoms with Crippen molar-refractivity contribution in [1.82, 2.24) is 4.72 Å². The molecule has 8 heteroatoms. The first-order valence-electron chi connectivity index (χ1n) is 6.98. The van der Waals surface area contributed by atoms with Crippen molar-refractivity contribution in [1.29, 1.82) is 0 Å². The summed E-state index contributed by atoms with van der Waals surface area (Å²) in [7, 11) is 0.127. The SMILES string of the molecule is CNS(=O)C(C)(C)C[C@@H](C)c1cc(C(F)F)cc(C(F)(F)F)c1. The molecule has 1 aromatic rings. The topological polar surface area (TPSA) is 29.1 Å². The molecule has 0 aliphatic rings. The van der Waals surface area contributed by atoms with Crippen LogP contribution in [0.2, 0.25) is 0 Å². The molecule has 0 aliphatic carbocycles. The highest BCUT2D eigenvalue weighted by Crippen LogP contribution is 2.37. The summed E-state index contributed by atoms with van der Waals surface area (Å²) in [6.07, 6.45) is -7.39. The lowest BCUT2D eigenvalue weighted by molar-refractivity contribution is -0.137. The second-order valence-corrected chi connectivity index (χ2v) is 8.08. The number of rotatable bonds is 6. The van der Waals surface area contributed by atoms with Crippen LogP contribution in [-0.4, -0.2) is 16.0 Å². The number of hydrogen-bond donors (Lipinski definition) is 1. The van der Waals surface area contributed by atoms with Crippen LogP contribution in [0.1, 0.15) is 56.2 Å². The zero-order chi connectivity index (χ0) is 18.0. The molecule has 1 rings (SSSR count). The molecule has 0 spiro atoms. The van der Waals surface area contributed by atoms with Gasteiger partial charge in [-0.3, -0.25) is 0 Å². The molecule has 1 unspecified atom stereocenters. The van der Waals surface area contributed by atoms with Gasteiger partial charge in [0.1, 0.15) is 0 Å². The van der Waals surface area contributed by atoms with Gasteiger partial charge in [-0.2, -0.15) is 13.2 Å². The van der Waals surface area contributed by atoms with Crippen LogP contribution < -0.4 is 4.72 Å². The highest BCUT2D eigenvalue weighted by molar-refractivity contribution is 7.84. The van der Waals surface area contributed by atoms with E-state index in [4.69, 9.17) is 0 Å². The van der Waals surface area contributed by atoms with Gasteiger partial charge in [-0.15, -0.1) is 0 Å². The van der Waals surface area contributed by atoms with E-state index in [1.54, 1.807) is 20.8 Å². The molecule has 1 aromatic carbocycles.